The molecule has 0 unspecified atom stereocenters. The van der Waals surface area contributed by atoms with Crippen molar-refractivity contribution in [1.82, 2.24) is 5.32 Å². The number of alkyl halides is 1. The summed E-state index contributed by atoms with van der Waals surface area (Å²) in [5.41, 5.74) is 6.97. The van der Waals surface area contributed by atoms with Gasteiger partial charge < -0.3 is 14.8 Å². The Kier molecular flexibility index (Phi) is 6.08. The monoisotopic (exact) mass is 492 g/mol. The van der Waals surface area contributed by atoms with Gasteiger partial charge in [0.15, 0.2) is 5.75 Å². The Morgan fingerprint density at radius 3 is 2.44 bits per heavy atom. The first-order valence-electron chi connectivity index (χ1n) is 11.4. The van der Waals surface area contributed by atoms with E-state index in [0.29, 0.717) is 35.4 Å². The molecule has 2 aliphatic rings. The van der Waals surface area contributed by atoms with Gasteiger partial charge in [0.2, 0.25) is 0 Å². The molecule has 0 aromatic heterocycles. The van der Waals surface area contributed by atoms with Gasteiger partial charge in [-0.05, 0) is 51.6 Å². The highest BCUT2D eigenvalue weighted by Crippen LogP contribution is 2.42. The standard InChI is InChI=1S/C28H26Cl2N2O2/c1-27(2,23-12-20(14-31)26(25(30)13-23)33-10-9-29)22-6-3-18(4-7-22)19-5-8-24-21(11-19)15-34-28(24)16-32-17-28/h3-8,11-13,32H,9-10,15-17H2,1-2H3. The molecule has 6 heteroatoms. The average molecular weight is 493 g/mol. The summed E-state index contributed by atoms with van der Waals surface area (Å²) in [7, 11) is 0. The molecular weight excluding hydrogens is 467 g/mol. The molecule has 3 aromatic carbocycles. The molecule has 1 spiro atoms. The van der Waals surface area contributed by atoms with Gasteiger partial charge >= 0.3 is 0 Å². The maximum atomic E-state index is 9.65. The summed E-state index contributed by atoms with van der Waals surface area (Å²) in [4.78, 5) is 0. The van der Waals surface area contributed by atoms with Crippen molar-refractivity contribution in [2.45, 2.75) is 31.5 Å². The summed E-state index contributed by atoms with van der Waals surface area (Å²) in [5.74, 6) is 0.718. The molecule has 174 valence electrons. The molecule has 1 N–H and O–H groups in total. The lowest BCUT2D eigenvalue weighted by Crippen LogP contribution is -2.56. The molecular formula is C28H26Cl2N2O2. The van der Waals surface area contributed by atoms with Crippen LogP contribution in [0.25, 0.3) is 11.1 Å². The van der Waals surface area contributed by atoms with Gasteiger partial charge in [-0.1, -0.05) is 61.8 Å². The lowest BCUT2D eigenvalue weighted by atomic mass is 9.77. The number of nitrogens with one attached hydrogen (secondary N) is 1. The third-order valence-corrected chi connectivity index (χ3v) is 7.51. The summed E-state index contributed by atoms with van der Waals surface area (Å²) in [6.45, 7) is 7.01. The predicted molar refractivity (Wildman–Crippen MR) is 136 cm³/mol. The predicted octanol–water partition coefficient (Wildman–Crippen LogP) is 6.15. The van der Waals surface area contributed by atoms with Crippen molar-refractivity contribution < 1.29 is 9.47 Å². The minimum absolute atomic E-state index is 0.115. The summed E-state index contributed by atoms with van der Waals surface area (Å²) < 4.78 is 11.7. The van der Waals surface area contributed by atoms with E-state index < -0.39 is 0 Å². The highest BCUT2D eigenvalue weighted by atomic mass is 35.5. The lowest BCUT2D eigenvalue weighted by Gasteiger charge is -2.39. The van der Waals surface area contributed by atoms with Crippen LogP contribution in [-0.2, 0) is 22.4 Å². The first-order valence-corrected chi connectivity index (χ1v) is 12.3. The molecule has 3 aromatic rings. The Morgan fingerprint density at radius 2 is 1.79 bits per heavy atom. The number of nitriles is 1. The summed E-state index contributed by atoms with van der Waals surface area (Å²) >= 11 is 12.2. The minimum Gasteiger partial charge on any atom is -0.489 e. The van der Waals surface area contributed by atoms with Gasteiger partial charge in [-0.3, -0.25) is 0 Å². The van der Waals surface area contributed by atoms with Crippen LogP contribution in [0.15, 0.2) is 54.6 Å². The molecule has 0 aliphatic carbocycles. The number of fused-ring (bicyclic) bond motifs is 2. The van der Waals surface area contributed by atoms with E-state index in [2.05, 4.69) is 67.7 Å². The second kappa shape index (κ2) is 8.91. The molecule has 34 heavy (non-hydrogen) atoms. The van der Waals surface area contributed by atoms with E-state index in [1.54, 1.807) is 0 Å². The van der Waals surface area contributed by atoms with Crippen molar-refractivity contribution in [2.75, 3.05) is 25.6 Å². The zero-order chi connectivity index (χ0) is 23.9. The van der Waals surface area contributed by atoms with Crippen LogP contribution in [0.3, 0.4) is 0 Å². The third kappa shape index (κ3) is 3.87. The van der Waals surface area contributed by atoms with Gasteiger partial charge in [0, 0.05) is 18.5 Å². The van der Waals surface area contributed by atoms with Crippen LogP contribution in [-0.4, -0.2) is 25.6 Å². The second-order valence-corrected chi connectivity index (χ2v) is 10.2. The smallest absolute Gasteiger partial charge is 0.155 e. The maximum absolute atomic E-state index is 9.65. The van der Waals surface area contributed by atoms with Gasteiger partial charge in [0.05, 0.1) is 23.1 Å². The molecule has 1 fully saturated rings. The third-order valence-electron chi connectivity index (χ3n) is 7.07. The molecule has 2 heterocycles. The lowest BCUT2D eigenvalue weighted by molar-refractivity contribution is -0.0746. The Labute approximate surface area is 210 Å². The van der Waals surface area contributed by atoms with E-state index in [-0.39, 0.29) is 11.0 Å². The zero-order valence-corrected chi connectivity index (χ0v) is 20.8. The zero-order valence-electron chi connectivity index (χ0n) is 19.3. The van der Waals surface area contributed by atoms with Crippen molar-refractivity contribution in [3.8, 4) is 22.9 Å². The van der Waals surface area contributed by atoms with E-state index in [1.165, 1.54) is 16.7 Å². The van der Waals surface area contributed by atoms with Gasteiger partial charge in [0.1, 0.15) is 18.3 Å². The molecule has 0 bridgehead atoms. The number of nitrogens with zero attached hydrogens (tertiary/aromatic N) is 1. The van der Waals surface area contributed by atoms with E-state index >= 15 is 0 Å². The number of rotatable bonds is 6. The fourth-order valence-corrected chi connectivity index (χ4v) is 5.20. The van der Waals surface area contributed by atoms with Crippen molar-refractivity contribution in [2.24, 2.45) is 0 Å². The summed E-state index contributed by atoms with van der Waals surface area (Å²) in [6.07, 6.45) is 0. The van der Waals surface area contributed by atoms with Gasteiger partial charge in [-0.25, -0.2) is 0 Å². The number of halogens is 2. The van der Waals surface area contributed by atoms with E-state index in [9.17, 15) is 5.26 Å². The Balaban J connectivity index is 1.42. The number of hydrogen-bond acceptors (Lipinski definition) is 4. The number of ether oxygens (including phenoxy) is 2. The summed E-state index contributed by atoms with van der Waals surface area (Å²) in [6, 6.07) is 21.2. The van der Waals surface area contributed by atoms with Crippen LogP contribution in [0.4, 0.5) is 0 Å². The largest absolute Gasteiger partial charge is 0.489 e. The Hall–Kier alpha value is -2.55. The van der Waals surface area contributed by atoms with Crippen LogP contribution < -0.4 is 10.1 Å². The van der Waals surface area contributed by atoms with Crippen LogP contribution in [0.5, 0.6) is 5.75 Å². The normalized spacial score (nSPS) is 16.1. The molecule has 0 atom stereocenters. The van der Waals surface area contributed by atoms with Gasteiger partial charge in [-0.15, -0.1) is 11.6 Å². The van der Waals surface area contributed by atoms with Crippen molar-refractivity contribution in [3.63, 3.8) is 0 Å². The molecule has 5 rings (SSSR count). The molecule has 4 nitrogen and oxygen atoms in total. The van der Waals surface area contributed by atoms with Gasteiger partial charge in [0.25, 0.3) is 0 Å². The van der Waals surface area contributed by atoms with Crippen LogP contribution >= 0.6 is 23.2 Å². The Bertz CT molecular complexity index is 1270. The highest BCUT2D eigenvalue weighted by molar-refractivity contribution is 6.32. The first kappa shape index (κ1) is 23.2. The van der Waals surface area contributed by atoms with Crippen LogP contribution in [0.1, 0.15) is 41.7 Å². The maximum Gasteiger partial charge on any atom is 0.155 e. The van der Waals surface area contributed by atoms with E-state index in [1.807, 2.05) is 12.1 Å². The SMILES string of the molecule is CC(C)(c1ccc(-c2ccc3c(c2)COC32CNC2)cc1)c1cc(Cl)c(OCCCl)c(C#N)c1. The van der Waals surface area contributed by atoms with Gasteiger partial charge in [-0.2, -0.15) is 5.26 Å². The first-order chi connectivity index (χ1) is 16.4. The minimum atomic E-state index is -0.353. The summed E-state index contributed by atoms with van der Waals surface area (Å²) in [5, 5.41) is 13.4. The highest BCUT2D eigenvalue weighted by Gasteiger charge is 2.45. The second-order valence-electron chi connectivity index (χ2n) is 9.44. The molecule has 0 radical (unpaired) electrons. The fourth-order valence-electron chi connectivity index (χ4n) is 4.85. The molecule has 1 saturated heterocycles. The fraction of sp³-hybridized carbons (Fsp3) is 0.321. The van der Waals surface area contributed by atoms with Crippen molar-refractivity contribution >= 4 is 23.2 Å². The number of benzene rings is 3. The topological polar surface area (TPSA) is 54.3 Å². The molecule has 0 saturated carbocycles. The van der Waals surface area contributed by atoms with E-state index in [0.717, 1.165) is 29.8 Å². The van der Waals surface area contributed by atoms with Crippen molar-refractivity contribution in [3.05, 3.63) is 87.4 Å². The van der Waals surface area contributed by atoms with Crippen LogP contribution in [0, 0.1) is 11.3 Å². The van der Waals surface area contributed by atoms with E-state index in [4.69, 9.17) is 32.7 Å². The molecule has 2 aliphatic heterocycles. The Morgan fingerprint density at radius 1 is 1.06 bits per heavy atom. The van der Waals surface area contributed by atoms with Crippen LogP contribution in [0.2, 0.25) is 5.02 Å². The number of hydrogen-bond donors (Lipinski definition) is 1. The van der Waals surface area contributed by atoms with Crippen molar-refractivity contribution in [1.29, 1.82) is 5.26 Å². The average Bonchev–Trinajstić information content (AvgIpc) is 3.22. The quantitative estimate of drug-likeness (QED) is 0.419. The molecule has 0 amide bonds.